The molecule has 6 heteroatoms. The largest absolute Gasteiger partial charge is 0.493 e. The van der Waals surface area contributed by atoms with Crippen LogP contribution in [-0.4, -0.2) is 31.1 Å². The Kier molecular flexibility index (Phi) is 5.76. The van der Waals surface area contributed by atoms with Gasteiger partial charge >= 0.3 is 0 Å². The molecule has 0 bridgehead atoms. The summed E-state index contributed by atoms with van der Waals surface area (Å²) < 4.78 is 18.0. The van der Waals surface area contributed by atoms with Crippen LogP contribution >= 0.6 is 0 Å². The maximum absolute atomic E-state index is 5.39. The molecule has 136 valence electrons. The van der Waals surface area contributed by atoms with Gasteiger partial charge in [-0.25, -0.2) is 4.68 Å². The zero-order chi connectivity index (χ0) is 18.4. The molecular formula is C20H23N3O3. The highest BCUT2D eigenvalue weighted by Crippen LogP contribution is 2.38. The van der Waals surface area contributed by atoms with Crippen molar-refractivity contribution in [1.29, 1.82) is 0 Å². The summed E-state index contributed by atoms with van der Waals surface area (Å²) in [5.41, 5.74) is 3.31. The van der Waals surface area contributed by atoms with Crippen LogP contribution in [0.2, 0.25) is 0 Å². The molecule has 0 amide bonds. The maximum atomic E-state index is 5.39. The standard InChI is InChI=1S/C20H23N3O3/c1-24-18-11-16(12-19(25-2)20(18)26-3)14-21-13-15-5-7-17(8-6-15)23-10-4-9-22-23/h4-12,21H,13-14H2,1-3H3. The number of rotatable bonds is 8. The Morgan fingerprint density at radius 1 is 0.885 bits per heavy atom. The van der Waals surface area contributed by atoms with E-state index in [-0.39, 0.29) is 0 Å². The highest BCUT2D eigenvalue weighted by atomic mass is 16.5. The van der Waals surface area contributed by atoms with Crippen LogP contribution in [0.4, 0.5) is 0 Å². The van der Waals surface area contributed by atoms with Crippen molar-refractivity contribution in [3.05, 3.63) is 66.0 Å². The van der Waals surface area contributed by atoms with E-state index >= 15 is 0 Å². The van der Waals surface area contributed by atoms with Crippen LogP contribution in [0.3, 0.4) is 0 Å². The fraction of sp³-hybridized carbons (Fsp3) is 0.250. The second-order valence-electron chi connectivity index (χ2n) is 5.75. The summed E-state index contributed by atoms with van der Waals surface area (Å²) in [6, 6.07) is 14.1. The third-order valence-electron chi connectivity index (χ3n) is 4.09. The topological polar surface area (TPSA) is 57.5 Å². The smallest absolute Gasteiger partial charge is 0.203 e. The van der Waals surface area contributed by atoms with Gasteiger partial charge in [0.1, 0.15) is 0 Å². The number of methoxy groups -OCH3 is 3. The first-order valence-corrected chi connectivity index (χ1v) is 8.33. The molecule has 0 fully saturated rings. The summed E-state index contributed by atoms with van der Waals surface area (Å²) >= 11 is 0. The van der Waals surface area contributed by atoms with Crippen molar-refractivity contribution < 1.29 is 14.2 Å². The lowest BCUT2D eigenvalue weighted by molar-refractivity contribution is 0.323. The van der Waals surface area contributed by atoms with Gasteiger partial charge in [0, 0.05) is 25.5 Å². The van der Waals surface area contributed by atoms with E-state index in [4.69, 9.17) is 14.2 Å². The molecule has 1 N–H and O–H groups in total. The zero-order valence-electron chi connectivity index (χ0n) is 15.2. The summed E-state index contributed by atoms with van der Waals surface area (Å²) in [4.78, 5) is 0. The Hall–Kier alpha value is -2.99. The normalized spacial score (nSPS) is 10.6. The molecule has 3 rings (SSSR count). The number of ether oxygens (including phenoxy) is 3. The van der Waals surface area contributed by atoms with E-state index in [1.165, 1.54) is 5.56 Å². The van der Waals surface area contributed by atoms with E-state index < -0.39 is 0 Å². The van der Waals surface area contributed by atoms with E-state index in [2.05, 4.69) is 34.7 Å². The molecule has 1 heterocycles. The number of nitrogens with zero attached hydrogens (tertiary/aromatic N) is 2. The first-order chi connectivity index (χ1) is 12.7. The molecule has 0 radical (unpaired) electrons. The molecule has 1 aromatic heterocycles. The highest BCUT2D eigenvalue weighted by molar-refractivity contribution is 5.53. The fourth-order valence-corrected chi connectivity index (χ4v) is 2.78. The average molecular weight is 353 g/mol. The molecule has 0 saturated heterocycles. The van der Waals surface area contributed by atoms with Crippen molar-refractivity contribution >= 4 is 0 Å². The number of nitrogens with one attached hydrogen (secondary N) is 1. The third kappa shape index (κ3) is 3.97. The molecule has 0 aliphatic heterocycles. The number of hydrogen-bond donors (Lipinski definition) is 1. The molecule has 26 heavy (non-hydrogen) atoms. The minimum Gasteiger partial charge on any atom is -0.493 e. The first kappa shape index (κ1) is 17.8. The Morgan fingerprint density at radius 3 is 2.08 bits per heavy atom. The average Bonchev–Trinajstić information content (AvgIpc) is 3.22. The van der Waals surface area contributed by atoms with Crippen LogP contribution in [0.25, 0.3) is 5.69 Å². The van der Waals surface area contributed by atoms with Gasteiger partial charge in [-0.1, -0.05) is 12.1 Å². The van der Waals surface area contributed by atoms with Crippen LogP contribution in [0, 0.1) is 0 Å². The van der Waals surface area contributed by atoms with Crippen molar-refractivity contribution in [2.75, 3.05) is 21.3 Å². The summed E-state index contributed by atoms with van der Waals surface area (Å²) in [5.74, 6) is 1.92. The molecule has 0 unspecified atom stereocenters. The first-order valence-electron chi connectivity index (χ1n) is 8.33. The molecular weight excluding hydrogens is 330 g/mol. The second kappa shape index (κ2) is 8.40. The molecule has 0 aliphatic rings. The van der Waals surface area contributed by atoms with Crippen LogP contribution in [0.1, 0.15) is 11.1 Å². The Bertz CT molecular complexity index is 805. The number of benzene rings is 2. The molecule has 0 aliphatic carbocycles. The van der Waals surface area contributed by atoms with Gasteiger partial charge in [0.25, 0.3) is 0 Å². The predicted octanol–water partition coefficient (Wildman–Crippen LogP) is 3.19. The third-order valence-corrected chi connectivity index (χ3v) is 4.09. The fourth-order valence-electron chi connectivity index (χ4n) is 2.78. The van der Waals surface area contributed by atoms with Gasteiger partial charge in [0.2, 0.25) is 5.75 Å². The predicted molar refractivity (Wildman–Crippen MR) is 100 cm³/mol. The highest BCUT2D eigenvalue weighted by Gasteiger charge is 2.12. The van der Waals surface area contributed by atoms with Crippen molar-refractivity contribution in [2.24, 2.45) is 0 Å². The van der Waals surface area contributed by atoms with Gasteiger partial charge < -0.3 is 19.5 Å². The molecule has 2 aromatic carbocycles. The Morgan fingerprint density at radius 2 is 1.54 bits per heavy atom. The van der Waals surface area contributed by atoms with Crippen LogP contribution in [0.5, 0.6) is 17.2 Å². The minimum absolute atomic E-state index is 0.605. The Labute approximate surface area is 153 Å². The van der Waals surface area contributed by atoms with Gasteiger partial charge in [-0.05, 0) is 41.5 Å². The van der Waals surface area contributed by atoms with E-state index in [9.17, 15) is 0 Å². The minimum atomic E-state index is 0.605. The van der Waals surface area contributed by atoms with Gasteiger partial charge in [-0.2, -0.15) is 5.10 Å². The number of aromatic nitrogens is 2. The lowest BCUT2D eigenvalue weighted by Crippen LogP contribution is -2.13. The van der Waals surface area contributed by atoms with Gasteiger partial charge in [-0.3, -0.25) is 0 Å². The Balaban J connectivity index is 1.62. The molecule has 0 saturated carbocycles. The quantitative estimate of drug-likeness (QED) is 0.674. The van der Waals surface area contributed by atoms with Gasteiger partial charge in [0.15, 0.2) is 11.5 Å². The number of hydrogen-bond acceptors (Lipinski definition) is 5. The van der Waals surface area contributed by atoms with Crippen molar-refractivity contribution in [2.45, 2.75) is 13.1 Å². The van der Waals surface area contributed by atoms with Crippen molar-refractivity contribution in [1.82, 2.24) is 15.1 Å². The maximum Gasteiger partial charge on any atom is 0.203 e. The van der Waals surface area contributed by atoms with E-state index in [1.807, 2.05) is 29.1 Å². The van der Waals surface area contributed by atoms with Crippen molar-refractivity contribution in [3.8, 4) is 22.9 Å². The monoisotopic (exact) mass is 353 g/mol. The summed E-state index contributed by atoms with van der Waals surface area (Å²) in [6.45, 7) is 1.45. The van der Waals surface area contributed by atoms with E-state index in [0.29, 0.717) is 23.8 Å². The molecule has 0 spiro atoms. The van der Waals surface area contributed by atoms with Gasteiger partial charge in [0.05, 0.1) is 27.0 Å². The second-order valence-corrected chi connectivity index (χ2v) is 5.75. The van der Waals surface area contributed by atoms with Gasteiger partial charge in [-0.15, -0.1) is 0 Å². The lowest BCUT2D eigenvalue weighted by atomic mass is 10.1. The summed E-state index contributed by atoms with van der Waals surface area (Å²) in [7, 11) is 4.84. The summed E-state index contributed by atoms with van der Waals surface area (Å²) in [6.07, 6.45) is 3.70. The van der Waals surface area contributed by atoms with E-state index in [0.717, 1.165) is 17.8 Å². The SMILES string of the molecule is COc1cc(CNCc2ccc(-n3cccn3)cc2)cc(OC)c1OC. The summed E-state index contributed by atoms with van der Waals surface area (Å²) in [5, 5.41) is 7.67. The van der Waals surface area contributed by atoms with E-state index in [1.54, 1.807) is 27.5 Å². The van der Waals surface area contributed by atoms with Crippen LogP contribution in [0.15, 0.2) is 54.9 Å². The van der Waals surface area contributed by atoms with Crippen molar-refractivity contribution in [3.63, 3.8) is 0 Å². The molecule has 3 aromatic rings. The lowest BCUT2D eigenvalue weighted by Gasteiger charge is -2.14. The van der Waals surface area contributed by atoms with Crippen LogP contribution in [-0.2, 0) is 13.1 Å². The molecule has 0 atom stereocenters. The van der Waals surface area contributed by atoms with Crippen LogP contribution < -0.4 is 19.5 Å². The zero-order valence-corrected chi connectivity index (χ0v) is 15.2. The molecule has 6 nitrogen and oxygen atoms in total.